The second-order valence-electron chi connectivity index (χ2n) is 3.32. The molecule has 0 bridgehead atoms. The maximum Gasteiger partial charge on any atom is 0.341 e. The molecule has 0 fully saturated rings. The summed E-state index contributed by atoms with van der Waals surface area (Å²) in [7, 11) is 1.40. The predicted octanol–water partition coefficient (Wildman–Crippen LogP) is 2.01. The molecule has 1 aromatic carbocycles. The Kier molecular flexibility index (Phi) is 5.55. The first-order valence-electron chi connectivity index (χ1n) is 4.98. The summed E-state index contributed by atoms with van der Waals surface area (Å²) in [5.41, 5.74) is 0.556. The van der Waals surface area contributed by atoms with E-state index in [1.807, 2.05) is 22.6 Å². The number of hydrogen-bond acceptors (Lipinski definition) is 5. The molecule has 0 spiro atoms. The number of carbonyl (C=O) groups is 1. The molecule has 0 atom stereocenters. The average Bonchev–Trinajstić information content (AvgIpc) is 2.34. The van der Waals surface area contributed by atoms with Crippen LogP contribution in [0.2, 0.25) is 0 Å². The minimum atomic E-state index is -1.10. The lowest BCUT2D eigenvalue weighted by molar-refractivity contribution is -0.400. The van der Waals surface area contributed by atoms with Gasteiger partial charge in [0.2, 0.25) is 6.20 Å². The van der Waals surface area contributed by atoms with Crippen LogP contribution in [0.3, 0.4) is 0 Å². The number of ether oxygens (including phenoxy) is 2. The maximum absolute atomic E-state index is 10.5. The zero-order chi connectivity index (χ0) is 14.4. The molecule has 0 aliphatic carbocycles. The zero-order valence-electron chi connectivity index (χ0n) is 9.83. The van der Waals surface area contributed by atoms with Gasteiger partial charge in [-0.1, -0.05) is 0 Å². The van der Waals surface area contributed by atoms with Crippen LogP contribution in [0.5, 0.6) is 11.5 Å². The minimum absolute atomic E-state index is 0.295. The number of methoxy groups -OCH3 is 1. The lowest BCUT2D eigenvalue weighted by Crippen LogP contribution is -2.11. The van der Waals surface area contributed by atoms with E-state index >= 15 is 0 Å². The molecule has 0 saturated heterocycles. The molecule has 0 unspecified atom stereocenters. The first kappa shape index (κ1) is 15.2. The van der Waals surface area contributed by atoms with E-state index in [-0.39, 0.29) is 0 Å². The van der Waals surface area contributed by atoms with Gasteiger partial charge in [0.15, 0.2) is 18.1 Å². The Morgan fingerprint density at radius 3 is 2.79 bits per heavy atom. The Balaban J connectivity index is 3.07. The van der Waals surface area contributed by atoms with Gasteiger partial charge in [-0.05, 0) is 40.3 Å². The number of halogens is 1. The highest BCUT2D eigenvalue weighted by Crippen LogP contribution is 2.34. The first-order chi connectivity index (χ1) is 8.93. The van der Waals surface area contributed by atoms with E-state index in [2.05, 4.69) is 0 Å². The monoisotopic (exact) mass is 379 g/mol. The molecule has 0 amide bonds. The van der Waals surface area contributed by atoms with E-state index in [4.69, 9.17) is 14.6 Å². The molecule has 1 N–H and O–H groups in total. The van der Waals surface area contributed by atoms with Gasteiger partial charge in [0.1, 0.15) is 0 Å². The third-order valence-electron chi connectivity index (χ3n) is 1.98. The zero-order valence-corrected chi connectivity index (χ0v) is 12.0. The lowest BCUT2D eigenvalue weighted by Gasteiger charge is -2.11. The average molecular weight is 379 g/mol. The van der Waals surface area contributed by atoms with Crippen LogP contribution < -0.4 is 9.47 Å². The van der Waals surface area contributed by atoms with Crippen molar-refractivity contribution in [2.75, 3.05) is 13.7 Å². The second-order valence-corrected chi connectivity index (χ2v) is 4.48. The van der Waals surface area contributed by atoms with Crippen molar-refractivity contribution in [2.45, 2.75) is 0 Å². The maximum atomic E-state index is 10.5. The van der Waals surface area contributed by atoms with Crippen molar-refractivity contribution in [3.8, 4) is 11.5 Å². The van der Waals surface area contributed by atoms with E-state index in [1.54, 1.807) is 6.07 Å². The van der Waals surface area contributed by atoms with Crippen molar-refractivity contribution in [2.24, 2.45) is 0 Å². The molecule has 7 nitrogen and oxygen atoms in total. The second kappa shape index (κ2) is 6.92. The summed E-state index contributed by atoms with van der Waals surface area (Å²) in [6.07, 6.45) is 2.12. The summed E-state index contributed by atoms with van der Waals surface area (Å²) in [5.74, 6) is -0.491. The van der Waals surface area contributed by atoms with Crippen molar-refractivity contribution in [3.05, 3.63) is 37.6 Å². The van der Waals surface area contributed by atoms with Crippen LogP contribution in [0.25, 0.3) is 6.08 Å². The summed E-state index contributed by atoms with van der Waals surface area (Å²) in [6, 6.07) is 3.15. The minimum Gasteiger partial charge on any atom is -0.493 e. The van der Waals surface area contributed by atoms with Crippen LogP contribution in [-0.4, -0.2) is 29.7 Å². The van der Waals surface area contributed by atoms with Crippen molar-refractivity contribution < 1.29 is 24.3 Å². The van der Waals surface area contributed by atoms with Crippen molar-refractivity contribution >= 4 is 34.6 Å². The van der Waals surface area contributed by atoms with Crippen LogP contribution in [0.1, 0.15) is 5.56 Å². The number of nitrogens with zero attached hydrogens (tertiary/aromatic N) is 1. The quantitative estimate of drug-likeness (QED) is 0.461. The van der Waals surface area contributed by atoms with Crippen molar-refractivity contribution in [3.63, 3.8) is 0 Å². The number of carboxylic acid groups (broad SMARTS) is 1. The highest BCUT2D eigenvalue weighted by Gasteiger charge is 2.12. The SMILES string of the molecule is COc1cc(/C=C/[N+](=O)[O-])cc(I)c1OCC(=O)O. The third-order valence-corrected chi connectivity index (χ3v) is 2.78. The number of rotatable bonds is 6. The molecule has 0 heterocycles. The standard InChI is InChI=1S/C11H10INO6/c1-18-9-5-7(2-3-13(16)17)4-8(12)11(9)19-6-10(14)15/h2-5H,6H2,1H3,(H,14,15)/b3-2+. The van der Waals surface area contributed by atoms with Crippen LogP contribution in [0.4, 0.5) is 0 Å². The Morgan fingerprint density at radius 2 is 2.26 bits per heavy atom. The Morgan fingerprint density at radius 1 is 1.58 bits per heavy atom. The number of nitro groups is 1. The lowest BCUT2D eigenvalue weighted by atomic mass is 10.2. The van der Waals surface area contributed by atoms with Gasteiger partial charge >= 0.3 is 5.97 Å². The Labute approximate surface area is 122 Å². The molecule has 0 saturated carbocycles. The predicted molar refractivity (Wildman–Crippen MR) is 74.9 cm³/mol. The molecule has 102 valence electrons. The molecule has 8 heteroatoms. The van der Waals surface area contributed by atoms with Gasteiger partial charge in [-0.2, -0.15) is 0 Å². The molecule has 19 heavy (non-hydrogen) atoms. The number of carboxylic acids is 1. The van der Waals surface area contributed by atoms with Crippen molar-refractivity contribution in [1.29, 1.82) is 0 Å². The topological polar surface area (TPSA) is 98.9 Å². The van der Waals surface area contributed by atoms with Gasteiger partial charge in [0.25, 0.3) is 0 Å². The first-order valence-corrected chi connectivity index (χ1v) is 6.05. The number of aliphatic carboxylic acids is 1. The summed E-state index contributed by atoms with van der Waals surface area (Å²) >= 11 is 1.94. The molecule has 0 aliphatic heterocycles. The Bertz CT molecular complexity index is 528. The fourth-order valence-electron chi connectivity index (χ4n) is 1.26. The van der Waals surface area contributed by atoms with E-state index in [0.717, 1.165) is 6.20 Å². The number of hydrogen-bond donors (Lipinski definition) is 1. The molecular formula is C11H10INO6. The van der Waals surface area contributed by atoms with E-state index in [1.165, 1.54) is 19.3 Å². The Hall–Kier alpha value is -1.84. The van der Waals surface area contributed by atoms with Gasteiger partial charge in [-0.25, -0.2) is 4.79 Å². The van der Waals surface area contributed by atoms with Crippen LogP contribution in [-0.2, 0) is 4.79 Å². The van der Waals surface area contributed by atoms with Crippen LogP contribution in [0.15, 0.2) is 18.3 Å². The van der Waals surface area contributed by atoms with Crippen LogP contribution in [0, 0.1) is 13.7 Å². The van der Waals surface area contributed by atoms with Crippen molar-refractivity contribution in [1.82, 2.24) is 0 Å². The fourth-order valence-corrected chi connectivity index (χ4v) is 2.04. The van der Waals surface area contributed by atoms with Gasteiger partial charge in [-0.3, -0.25) is 10.1 Å². The van der Waals surface area contributed by atoms with E-state index in [0.29, 0.717) is 20.6 Å². The van der Waals surface area contributed by atoms with Gasteiger partial charge in [-0.15, -0.1) is 0 Å². The molecule has 0 aliphatic rings. The fraction of sp³-hybridized carbons (Fsp3) is 0.182. The molecule has 0 radical (unpaired) electrons. The van der Waals surface area contributed by atoms with Gasteiger partial charge in [0.05, 0.1) is 15.6 Å². The highest BCUT2D eigenvalue weighted by atomic mass is 127. The molecule has 1 rings (SSSR count). The smallest absolute Gasteiger partial charge is 0.341 e. The summed E-state index contributed by atoms with van der Waals surface area (Å²) in [6.45, 7) is -0.490. The van der Waals surface area contributed by atoms with Crippen LogP contribution >= 0.6 is 22.6 Å². The largest absolute Gasteiger partial charge is 0.493 e. The van der Waals surface area contributed by atoms with Gasteiger partial charge in [0, 0.05) is 6.08 Å². The normalized spacial score (nSPS) is 10.4. The molecule has 0 aromatic heterocycles. The summed E-state index contributed by atoms with van der Waals surface area (Å²) < 4.78 is 10.8. The highest BCUT2D eigenvalue weighted by molar-refractivity contribution is 14.1. The third kappa shape index (κ3) is 4.73. The molecular weight excluding hydrogens is 369 g/mol. The molecule has 1 aromatic rings. The van der Waals surface area contributed by atoms with E-state index < -0.39 is 17.5 Å². The van der Waals surface area contributed by atoms with Gasteiger partial charge < -0.3 is 14.6 Å². The number of benzene rings is 1. The van der Waals surface area contributed by atoms with E-state index in [9.17, 15) is 14.9 Å². The summed E-state index contributed by atoms with van der Waals surface area (Å²) in [4.78, 5) is 20.2. The summed E-state index contributed by atoms with van der Waals surface area (Å²) in [5, 5.41) is 18.8.